The van der Waals surface area contributed by atoms with E-state index >= 15 is 0 Å². The number of nitro groups is 1. The fourth-order valence-corrected chi connectivity index (χ4v) is 1.60. The average molecular weight is 216 g/mol. The van der Waals surface area contributed by atoms with Gasteiger partial charge >= 0.3 is 0 Å². The van der Waals surface area contributed by atoms with Crippen LogP contribution in [0.25, 0.3) is 10.8 Å². The lowest BCUT2D eigenvalue weighted by molar-refractivity contribution is -0.384. The lowest BCUT2D eigenvalue weighted by Crippen LogP contribution is -1.92. The first-order valence-electron chi connectivity index (χ1n) is 4.57. The Morgan fingerprint density at radius 1 is 1.31 bits per heavy atom. The van der Waals surface area contributed by atoms with Crippen LogP contribution >= 0.6 is 0 Å². The second-order valence-corrected chi connectivity index (χ2v) is 3.26. The van der Waals surface area contributed by atoms with E-state index in [2.05, 4.69) is 5.16 Å². The lowest BCUT2D eigenvalue weighted by Gasteiger charge is -2.01. The molecular weight excluding hydrogens is 208 g/mol. The van der Waals surface area contributed by atoms with Gasteiger partial charge in [0.25, 0.3) is 5.69 Å². The maximum atomic E-state index is 10.7. The van der Waals surface area contributed by atoms with Crippen molar-refractivity contribution < 1.29 is 10.1 Å². The first kappa shape index (κ1) is 10.1. The monoisotopic (exact) mass is 216 g/mol. The Bertz CT molecular complexity index is 578. The Hall–Kier alpha value is -2.43. The molecule has 0 spiro atoms. The summed E-state index contributed by atoms with van der Waals surface area (Å²) in [6.07, 6.45) is 1.19. The topological polar surface area (TPSA) is 75.7 Å². The van der Waals surface area contributed by atoms with Crippen molar-refractivity contribution in [3.8, 4) is 0 Å². The third kappa shape index (κ3) is 1.70. The second kappa shape index (κ2) is 3.98. The first-order chi connectivity index (χ1) is 7.72. The standard InChI is InChI=1S/C11H8N2O3/c14-12-7-9-6-10(13(15)16)5-8-3-1-2-4-11(8)9/h1-7,14H. The fraction of sp³-hybridized carbons (Fsp3) is 0. The predicted octanol–water partition coefficient (Wildman–Crippen LogP) is 2.56. The zero-order valence-electron chi connectivity index (χ0n) is 8.20. The minimum atomic E-state index is -0.471. The molecule has 0 amide bonds. The van der Waals surface area contributed by atoms with E-state index in [0.29, 0.717) is 5.56 Å². The number of nitrogens with zero attached hydrogens (tertiary/aromatic N) is 2. The van der Waals surface area contributed by atoms with Gasteiger partial charge in [-0.2, -0.15) is 0 Å². The van der Waals surface area contributed by atoms with Crippen molar-refractivity contribution in [2.75, 3.05) is 0 Å². The van der Waals surface area contributed by atoms with Crippen LogP contribution in [0.4, 0.5) is 5.69 Å². The van der Waals surface area contributed by atoms with E-state index < -0.39 is 4.92 Å². The Balaban J connectivity index is 2.78. The Kier molecular flexibility index (Phi) is 2.51. The van der Waals surface area contributed by atoms with Gasteiger partial charge in [-0.05, 0) is 10.8 Å². The summed E-state index contributed by atoms with van der Waals surface area (Å²) < 4.78 is 0. The minimum Gasteiger partial charge on any atom is -0.411 e. The van der Waals surface area contributed by atoms with Gasteiger partial charge in [-0.3, -0.25) is 10.1 Å². The highest BCUT2D eigenvalue weighted by Crippen LogP contribution is 2.24. The van der Waals surface area contributed by atoms with Crippen LogP contribution < -0.4 is 0 Å². The number of nitro benzene ring substituents is 1. The predicted molar refractivity (Wildman–Crippen MR) is 60.0 cm³/mol. The molecule has 16 heavy (non-hydrogen) atoms. The zero-order chi connectivity index (χ0) is 11.5. The van der Waals surface area contributed by atoms with Crippen LogP contribution in [0.5, 0.6) is 0 Å². The van der Waals surface area contributed by atoms with Gasteiger partial charge in [0.1, 0.15) is 0 Å². The Labute approximate surface area is 90.8 Å². The number of hydrogen-bond donors (Lipinski definition) is 1. The molecule has 80 valence electrons. The van der Waals surface area contributed by atoms with Crippen LogP contribution in [-0.2, 0) is 0 Å². The molecule has 0 saturated carbocycles. The zero-order valence-corrected chi connectivity index (χ0v) is 8.20. The van der Waals surface area contributed by atoms with Gasteiger partial charge in [-0.1, -0.05) is 29.4 Å². The van der Waals surface area contributed by atoms with E-state index in [0.717, 1.165) is 10.8 Å². The van der Waals surface area contributed by atoms with Crippen LogP contribution in [0.1, 0.15) is 5.56 Å². The molecule has 2 aromatic rings. The molecule has 0 aliphatic carbocycles. The van der Waals surface area contributed by atoms with E-state index in [1.807, 2.05) is 12.1 Å². The van der Waals surface area contributed by atoms with Crippen molar-refractivity contribution in [2.24, 2.45) is 5.16 Å². The van der Waals surface area contributed by atoms with Crippen molar-refractivity contribution in [3.05, 3.63) is 52.1 Å². The van der Waals surface area contributed by atoms with Crippen molar-refractivity contribution in [1.29, 1.82) is 0 Å². The van der Waals surface area contributed by atoms with Crippen LogP contribution in [0.15, 0.2) is 41.6 Å². The van der Waals surface area contributed by atoms with Gasteiger partial charge in [0.15, 0.2) is 0 Å². The highest BCUT2D eigenvalue weighted by molar-refractivity contribution is 6.01. The first-order valence-corrected chi connectivity index (χ1v) is 4.57. The second-order valence-electron chi connectivity index (χ2n) is 3.26. The molecule has 0 heterocycles. The molecule has 0 saturated heterocycles. The normalized spacial score (nSPS) is 11.0. The smallest absolute Gasteiger partial charge is 0.270 e. The van der Waals surface area contributed by atoms with Crippen LogP contribution in [-0.4, -0.2) is 16.3 Å². The van der Waals surface area contributed by atoms with E-state index in [1.165, 1.54) is 18.3 Å². The fourth-order valence-electron chi connectivity index (χ4n) is 1.60. The van der Waals surface area contributed by atoms with Gasteiger partial charge in [-0.25, -0.2) is 0 Å². The van der Waals surface area contributed by atoms with Crippen molar-refractivity contribution in [1.82, 2.24) is 0 Å². The molecule has 5 nitrogen and oxygen atoms in total. The summed E-state index contributed by atoms with van der Waals surface area (Å²) in [6.45, 7) is 0. The number of non-ortho nitro benzene ring substituents is 1. The van der Waals surface area contributed by atoms with E-state index in [4.69, 9.17) is 5.21 Å². The van der Waals surface area contributed by atoms with Gasteiger partial charge in [-0.15, -0.1) is 0 Å². The molecule has 2 rings (SSSR count). The molecule has 0 aromatic heterocycles. The quantitative estimate of drug-likeness (QED) is 0.362. The highest BCUT2D eigenvalue weighted by Gasteiger charge is 2.09. The van der Waals surface area contributed by atoms with Crippen molar-refractivity contribution in [3.63, 3.8) is 0 Å². The Morgan fingerprint density at radius 3 is 2.75 bits per heavy atom. The van der Waals surface area contributed by atoms with Crippen LogP contribution in [0.2, 0.25) is 0 Å². The molecule has 5 heteroatoms. The largest absolute Gasteiger partial charge is 0.411 e. The summed E-state index contributed by atoms with van der Waals surface area (Å²) in [7, 11) is 0. The summed E-state index contributed by atoms with van der Waals surface area (Å²) >= 11 is 0. The molecular formula is C11H8N2O3. The molecule has 0 fully saturated rings. The maximum Gasteiger partial charge on any atom is 0.270 e. The van der Waals surface area contributed by atoms with Crippen molar-refractivity contribution >= 4 is 22.7 Å². The molecule has 0 unspecified atom stereocenters. The molecule has 0 aliphatic heterocycles. The van der Waals surface area contributed by atoms with E-state index in [9.17, 15) is 10.1 Å². The molecule has 0 atom stereocenters. The van der Waals surface area contributed by atoms with Gasteiger partial charge in [0.05, 0.1) is 11.1 Å². The SMILES string of the molecule is O=[N+]([O-])c1cc(C=NO)c2ccccc2c1. The number of rotatable bonds is 2. The molecule has 1 N–H and O–H groups in total. The van der Waals surface area contributed by atoms with Gasteiger partial charge in [0, 0.05) is 17.7 Å². The number of hydrogen-bond acceptors (Lipinski definition) is 4. The molecule has 0 bridgehead atoms. The maximum absolute atomic E-state index is 10.7. The summed E-state index contributed by atoms with van der Waals surface area (Å²) in [5.74, 6) is 0. The van der Waals surface area contributed by atoms with Crippen LogP contribution in [0.3, 0.4) is 0 Å². The average Bonchev–Trinajstić information content (AvgIpc) is 2.29. The highest BCUT2D eigenvalue weighted by atomic mass is 16.6. The van der Waals surface area contributed by atoms with E-state index in [-0.39, 0.29) is 5.69 Å². The Morgan fingerprint density at radius 2 is 2.06 bits per heavy atom. The molecule has 0 radical (unpaired) electrons. The minimum absolute atomic E-state index is 0.0198. The number of oxime groups is 1. The third-order valence-electron chi connectivity index (χ3n) is 2.29. The number of benzene rings is 2. The van der Waals surface area contributed by atoms with Gasteiger partial charge < -0.3 is 5.21 Å². The summed E-state index contributed by atoms with van der Waals surface area (Å²) in [5, 5.41) is 23.7. The van der Waals surface area contributed by atoms with Gasteiger partial charge in [0.2, 0.25) is 0 Å². The number of fused-ring (bicyclic) bond motifs is 1. The lowest BCUT2D eigenvalue weighted by atomic mass is 10.0. The van der Waals surface area contributed by atoms with E-state index in [1.54, 1.807) is 12.1 Å². The summed E-state index contributed by atoms with van der Waals surface area (Å²) in [5.41, 5.74) is 0.501. The summed E-state index contributed by atoms with van der Waals surface area (Å²) in [4.78, 5) is 10.2. The summed E-state index contributed by atoms with van der Waals surface area (Å²) in [6, 6.07) is 10.1. The molecule has 0 aliphatic rings. The van der Waals surface area contributed by atoms with Crippen molar-refractivity contribution in [2.45, 2.75) is 0 Å². The van der Waals surface area contributed by atoms with Crippen LogP contribution in [0, 0.1) is 10.1 Å². The molecule has 2 aromatic carbocycles. The third-order valence-corrected chi connectivity index (χ3v) is 2.29.